The SMILES string of the molecule is O=S(=O)(Cc1ccc(-n2cnc3ccc(-c4cn[nH]c4-c4ccc(F)cc4)cc32)s1)Cc1ccc(-n2cnc3ccc(-c4cn[nH]c4-c4ccc(F)cc4)cc32)s1. The van der Waals surface area contributed by atoms with Gasteiger partial charge in [-0.2, -0.15) is 10.2 Å². The van der Waals surface area contributed by atoms with Gasteiger partial charge >= 0.3 is 0 Å². The van der Waals surface area contributed by atoms with Crippen LogP contribution in [0.2, 0.25) is 0 Å². The first-order valence-corrected chi connectivity index (χ1v) is 21.1. The zero-order valence-corrected chi connectivity index (χ0v) is 32.0. The van der Waals surface area contributed by atoms with Crippen LogP contribution >= 0.6 is 22.7 Å². The molecule has 0 unspecified atom stereocenters. The summed E-state index contributed by atoms with van der Waals surface area (Å²) in [6.45, 7) is 0. The van der Waals surface area contributed by atoms with E-state index in [2.05, 4.69) is 30.4 Å². The molecular weight excluding hydrogens is 783 g/mol. The van der Waals surface area contributed by atoms with Crippen molar-refractivity contribution in [1.29, 1.82) is 0 Å². The Bertz CT molecular complexity index is 2980. The number of imidazole rings is 2. The van der Waals surface area contributed by atoms with E-state index in [4.69, 9.17) is 0 Å². The largest absolute Gasteiger partial charge is 0.290 e. The summed E-state index contributed by atoms with van der Waals surface area (Å²) in [4.78, 5) is 10.6. The molecule has 0 spiro atoms. The quantitative estimate of drug-likeness (QED) is 0.142. The molecule has 0 amide bonds. The normalized spacial score (nSPS) is 12.0. The van der Waals surface area contributed by atoms with Crippen LogP contribution in [-0.2, 0) is 21.3 Å². The standard InChI is InChI=1S/C42H28F2N8O2S3/c43-29-7-1-25(2-8-29)41-33(19-47-49-41)27-5-13-35-37(17-27)51(23-45-35)39-15-11-31(55-39)21-57(53,54)22-32-12-16-40(56-32)52-24-46-36-14-6-28(18-38(36)52)34-20-48-50-42(34)26-3-9-30(44)10-4-26/h1-20,23-24H,21-22H2,(H,47,49)(H,48,50). The zero-order chi connectivity index (χ0) is 38.7. The molecule has 280 valence electrons. The maximum Gasteiger partial charge on any atom is 0.160 e. The third kappa shape index (κ3) is 6.64. The molecule has 0 atom stereocenters. The Morgan fingerprint density at radius 2 is 0.965 bits per heavy atom. The van der Waals surface area contributed by atoms with Gasteiger partial charge in [0.1, 0.15) is 34.3 Å². The molecular formula is C42H28F2N8O2S3. The first-order valence-electron chi connectivity index (χ1n) is 17.7. The number of sulfone groups is 1. The Morgan fingerprint density at radius 1 is 0.544 bits per heavy atom. The minimum atomic E-state index is -3.52. The molecule has 10 rings (SSSR count). The summed E-state index contributed by atoms with van der Waals surface area (Å²) < 4.78 is 58.3. The zero-order valence-electron chi connectivity index (χ0n) is 29.6. The highest BCUT2D eigenvalue weighted by molar-refractivity contribution is 7.90. The minimum absolute atomic E-state index is 0.0999. The average Bonchev–Trinajstić information content (AvgIpc) is 4.06. The topological polar surface area (TPSA) is 127 Å². The van der Waals surface area contributed by atoms with Crippen LogP contribution in [0.4, 0.5) is 8.78 Å². The van der Waals surface area contributed by atoms with Crippen molar-refractivity contribution in [2.24, 2.45) is 0 Å². The molecule has 10 aromatic rings. The Morgan fingerprint density at radius 3 is 1.40 bits per heavy atom. The summed E-state index contributed by atoms with van der Waals surface area (Å²) in [7, 11) is -3.52. The van der Waals surface area contributed by atoms with Gasteiger partial charge in [0.2, 0.25) is 0 Å². The number of hydrogen-bond donors (Lipinski definition) is 2. The molecule has 15 heteroatoms. The van der Waals surface area contributed by atoms with Gasteiger partial charge in [-0.05, 0) is 108 Å². The molecule has 0 fully saturated rings. The molecule has 57 heavy (non-hydrogen) atoms. The Balaban J connectivity index is 0.870. The van der Waals surface area contributed by atoms with Gasteiger partial charge in [-0.25, -0.2) is 27.2 Å². The lowest BCUT2D eigenvalue weighted by Gasteiger charge is -2.06. The van der Waals surface area contributed by atoms with Crippen molar-refractivity contribution in [2.75, 3.05) is 0 Å². The Hall–Kier alpha value is -6.55. The summed E-state index contributed by atoms with van der Waals surface area (Å²) in [6.07, 6.45) is 6.97. The molecule has 0 aliphatic carbocycles. The van der Waals surface area contributed by atoms with Gasteiger partial charge in [0, 0.05) is 32.0 Å². The van der Waals surface area contributed by atoms with Crippen LogP contribution < -0.4 is 0 Å². The van der Waals surface area contributed by atoms with Gasteiger partial charge in [0.25, 0.3) is 0 Å². The fourth-order valence-electron chi connectivity index (χ4n) is 7.02. The van der Waals surface area contributed by atoms with Gasteiger partial charge in [-0.1, -0.05) is 12.1 Å². The number of aromatic nitrogens is 8. The molecule has 0 bridgehead atoms. The van der Waals surface area contributed by atoms with E-state index in [1.54, 1.807) is 49.3 Å². The highest BCUT2D eigenvalue weighted by atomic mass is 32.2. The maximum atomic E-state index is 13.6. The summed E-state index contributed by atoms with van der Waals surface area (Å²) in [5.74, 6) is -0.819. The van der Waals surface area contributed by atoms with E-state index in [1.165, 1.54) is 46.9 Å². The average molecular weight is 811 g/mol. The summed E-state index contributed by atoms with van der Waals surface area (Å²) in [6, 6.07) is 31.9. The van der Waals surface area contributed by atoms with E-state index in [1.807, 2.05) is 69.8 Å². The number of fused-ring (bicyclic) bond motifs is 2. The lowest BCUT2D eigenvalue weighted by atomic mass is 10.0. The number of nitrogens with zero attached hydrogens (tertiary/aromatic N) is 6. The van der Waals surface area contributed by atoms with E-state index in [9.17, 15) is 17.2 Å². The molecule has 0 aliphatic rings. The molecule has 4 aromatic carbocycles. The van der Waals surface area contributed by atoms with E-state index in [-0.39, 0.29) is 23.1 Å². The highest BCUT2D eigenvalue weighted by Gasteiger charge is 2.20. The monoisotopic (exact) mass is 810 g/mol. The van der Waals surface area contributed by atoms with E-state index < -0.39 is 9.84 Å². The molecule has 0 saturated carbocycles. The fraction of sp³-hybridized carbons (Fsp3) is 0.0476. The first kappa shape index (κ1) is 34.9. The second kappa shape index (κ2) is 13.9. The van der Waals surface area contributed by atoms with Crippen LogP contribution in [0, 0.1) is 11.6 Å². The number of H-pyrrole nitrogens is 2. The van der Waals surface area contributed by atoms with Crippen molar-refractivity contribution >= 4 is 54.6 Å². The third-order valence-corrected chi connectivity index (χ3v) is 13.8. The van der Waals surface area contributed by atoms with Crippen LogP contribution in [0.3, 0.4) is 0 Å². The molecule has 10 nitrogen and oxygen atoms in total. The van der Waals surface area contributed by atoms with Gasteiger partial charge in [0.05, 0.1) is 57.4 Å². The molecule has 0 saturated heterocycles. The number of halogens is 2. The van der Waals surface area contributed by atoms with Crippen molar-refractivity contribution in [3.63, 3.8) is 0 Å². The smallest absolute Gasteiger partial charge is 0.160 e. The predicted molar refractivity (Wildman–Crippen MR) is 220 cm³/mol. The third-order valence-electron chi connectivity index (χ3n) is 9.76. The Kier molecular flexibility index (Phi) is 8.50. The first-order chi connectivity index (χ1) is 27.7. The van der Waals surface area contributed by atoms with Crippen LogP contribution in [-0.4, -0.2) is 47.9 Å². The van der Waals surface area contributed by atoms with Crippen LogP contribution in [0.5, 0.6) is 0 Å². The highest BCUT2D eigenvalue weighted by Crippen LogP contribution is 2.36. The lowest BCUT2D eigenvalue weighted by molar-refractivity contribution is 0.595. The molecule has 6 heterocycles. The number of benzene rings is 4. The van der Waals surface area contributed by atoms with Crippen molar-refractivity contribution in [3.05, 3.63) is 156 Å². The number of nitrogens with one attached hydrogen (secondary N) is 2. The molecule has 2 N–H and O–H groups in total. The van der Waals surface area contributed by atoms with Gasteiger partial charge in [-0.3, -0.25) is 19.3 Å². The molecule has 0 aliphatic heterocycles. The Labute approximate surface area is 331 Å². The van der Waals surface area contributed by atoms with Crippen LogP contribution in [0.1, 0.15) is 9.75 Å². The van der Waals surface area contributed by atoms with Gasteiger partial charge < -0.3 is 0 Å². The number of rotatable bonds is 10. The second-order valence-corrected chi connectivity index (χ2v) is 17.8. The number of thiophene rings is 2. The van der Waals surface area contributed by atoms with Gasteiger partial charge in [-0.15, -0.1) is 22.7 Å². The summed E-state index contributed by atoms with van der Waals surface area (Å²) in [5.41, 5.74) is 10.0. The van der Waals surface area contributed by atoms with E-state index >= 15 is 0 Å². The lowest BCUT2D eigenvalue weighted by Crippen LogP contribution is -2.05. The van der Waals surface area contributed by atoms with E-state index in [0.29, 0.717) is 0 Å². The van der Waals surface area contributed by atoms with Gasteiger partial charge in [0.15, 0.2) is 9.84 Å². The van der Waals surface area contributed by atoms with Crippen molar-refractivity contribution < 1.29 is 17.2 Å². The van der Waals surface area contributed by atoms with E-state index in [0.717, 1.165) is 86.6 Å². The maximum absolute atomic E-state index is 13.6. The van der Waals surface area contributed by atoms with Crippen LogP contribution in [0.25, 0.3) is 76.8 Å². The minimum Gasteiger partial charge on any atom is -0.290 e. The number of aromatic amines is 2. The predicted octanol–water partition coefficient (Wildman–Crippen LogP) is 9.99. The fourth-order valence-corrected chi connectivity index (χ4v) is 11.3. The molecule has 0 radical (unpaired) electrons. The van der Waals surface area contributed by atoms with Crippen molar-refractivity contribution in [3.8, 4) is 54.8 Å². The van der Waals surface area contributed by atoms with Crippen molar-refractivity contribution in [1.82, 2.24) is 39.5 Å². The van der Waals surface area contributed by atoms with Crippen LogP contribution in [0.15, 0.2) is 134 Å². The second-order valence-electron chi connectivity index (χ2n) is 13.5. The molecule has 6 aromatic heterocycles. The summed E-state index contributed by atoms with van der Waals surface area (Å²) in [5, 5.41) is 16.3. The number of hydrogen-bond acceptors (Lipinski definition) is 8. The summed E-state index contributed by atoms with van der Waals surface area (Å²) >= 11 is 2.82. The van der Waals surface area contributed by atoms with Crippen molar-refractivity contribution in [2.45, 2.75) is 11.5 Å².